The predicted octanol–water partition coefficient (Wildman–Crippen LogP) is 3.43. The summed E-state index contributed by atoms with van der Waals surface area (Å²) in [5.74, 6) is -2.33. The average molecular weight is 328 g/mol. The van der Waals surface area contributed by atoms with E-state index in [2.05, 4.69) is 0 Å². The van der Waals surface area contributed by atoms with E-state index < -0.39 is 28.2 Å². The molecule has 2 N–H and O–H groups in total. The van der Waals surface area contributed by atoms with Gasteiger partial charge >= 0.3 is 11.7 Å². The van der Waals surface area contributed by atoms with Crippen molar-refractivity contribution in [3.05, 3.63) is 55.2 Å². The largest absolute Gasteiger partial charge is 0.502 e. The summed E-state index contributed by atoms with van der Waals surface area (Å²) in [6.45, 7) is 0. The van der Waals surface area contributed by atoms with Gasteiger partial charge < -0.3 is 10.2 Å². The second-order valence-corrected chi connectivity index (χ2v) is 6.06. The molecule has 1 heterocycles. The number of carboxylic acid groups (broad SMARTS) is 1. The molecule has 0 saturated heterocycles. The number of phenolic OH excluding ortho intramolecular Hbond substituents is 1. The van der Waals surface area contributed by atoms with Crippen LogP contribution in [0.3, 0.4) is 0 Å². The minimum Gasteiger partial charge on any atom is -0.502 e. The van der Waals surface area contributed by atoms with Gasteiger partial charge in [0.15, 0.2) is 5.75 Å². The van der Waals surface area contributed by atoms with Crippen molar-refractivity contribution in [2.24, 2.45) is 0 Å². The Bertz CT molecular complexity index is 700. The molecule has 0 aliphatic rings. The average Bonchev–Trinajstić information content (AvgIpc) is 2.83. The molecule has 8 heteroatoms. The van der Waals surface area contributed by atoms with Crippen LogP contribution in [0.1, 0.15) is 16.4 Å². The number of halogens is 1. The molecule has 110 valence electrons. The Morgan fingerprint density at radius 3 is 2.62 bits per heavy atom. The first-order valence-electron chi connectivity index (χ1n) is 5.83. The van der Waals surface area contributed by atoms with Crippen LogP contribution in [-0.4, -0.2) is 21.1 Å². The normalized spacial score (nSPS) is 12.0. The van der Waals surface area contributed by atoms with Crippen molar-refractivity contribution >= 4 is 34.6 Å². The fourth-order valence-corrected chi connectivity index (χ4v) is 3.06. The molecule has 21 heavy (non-hydrogen) atoms. The van der Waals surface area contributed by atoms with Crippen LogP contribution in [-0.2, 0) is 11.2 Å². The minimum absolute atomic E-state index is 0.0767. The SMILES string of the molecule is O=C(O)C(Cc1ccc(O)c([N+](=O)[O-])c1)c1ccc(Cl)s1. The molecule has 0 amide bonds. The maximum absolute atomic E-state index is 11.4. The summed E-state index contributed by atoms with van der Waals surface area (Å²) < 4.78 is 0.480. The van der Waals surface area contributed by atoms with Gasteiger partial charge in [-0.05, 0) is 30.2 Å². The number of hydrogen-bond donors (Lipinski definition) is 2. The van der Waals surface area contributed by atoms with Gasteiger partial charge in [0.2, 0.25) is 0 Å². The summed E-state index contributed by atoms with van der Waals surface area (Å²) in [7, 11) is 0. The smallest absolute Gasteiger partial charge is 0.312 e. The summed E-state index contributed by atoms with van der Waals surface area (Å²) in [6, 6.07) is 7.07. The Morgan fingerprint density at radius 1 is 1.38 bits per heavy atom. The van der Waals surface area contributed by atoms with Crippen LogP contribution in [0.15, 0.2) is 30.3 Å². The summed E-state index contributed by atoms with van der Waals surface area (Å²) in [6.07, 6.45) is 0.0767. The number of thiophene rings is 1. The van der Waals surface area contributed by atoms with Crippen LogP contribution in [0.25, 0.3) is 0 Å². The lowest BCUT2D eigenvalue weighted by molar-refractivity contribution is -0.385. The lowest BCUT2D eigenvalue weighted by atomic mass is 9.97. The number of nitro groups is 1. The molecule has 0 aliphatic carbocycles. The lowest BCUT2D eigenvalue weighted by Gasteiger charge is -2.10. The van der Waals surface area contributed by atoms with Crippen LogP contribution >= 0.6 is 22.9 Å². The Balaban J connectivity index is 2.32. The number of nitrogens with zero attached hydrogens (tertiary/aromatic N) is 1. The van der Waals surface area contributed by atoms with Crippen LogP contribution in [0, 0.1) is 10.1 Å². The van der Waals surface area contributed by atoms with Crippen molar-refractivity contribution in [2.45, 2.75) is 12.3 Å². The Morgan fingerprint density at radius 2 is 2.10 bits per heavy atom. The van der Waals surface area contributed by atoms with Crippen LogP contribution in [0.2, 0.25) is 4.34 Å². The Labute approximate surface area is 128 Å². The van der Waals surface area contributed by atoms with E-state index in [1.165, 1.54) is 18.2 Å². The lowest BCUT2D eigenvalue weighted by Crippen LogP contribution is -2.13. The third kappa shape index (κ3) is 3.50. The van der Waals surface area contributed by atoms with Gasteiger partial charge in [-0.2, -0.15) is 0 Å². The van der Waals surface area contributed by atoms with E-state index in [0.29, 0.717) is 14.8 Å². The van der Waals surface area contributed by atoms with Crippen molar-refractivity contribution in [3.8, 4) is 5.75 Å². The van der Waals surface area contributed by atoms with Crippen LogP contribution in [0.4, 0.5) is 5.69 Å². The molecule has 0 spiro atoms. The predicted molar refractivity (Wildman–Crippen MR) is 78.2 cm³/mol. The summed E-state index contributed by atoms with van der Waals surface area (Å²) in [4.78, 5) is 22.0. The number of hydrogen-bond acceptors (Lipinski definition) is 5. The van der Waals surface area contributed by atoms with Gasteiger partial charge in [-0.1, -0.05) is 17.7 Å². The van der Waals surface area contributed by atoms with E-state index in [0.717, 1.165) is 11.3 Å². The molecular weight excluding hydrogens is 318 g/mol. The highest BCUT2D eigenvalue weighted by atomic mass is 35.5. The number of carbonyl (C=O) groups is 1. The Kier molecular flexibility index (Phi) is 4.44. The van der Waals surface area contributed by atoms with E-state index in [1.54, 1.807) is 12.1 Å². The van der Waals surface area contributed by atoms with E-state index >= 15 is 0 Å². The van der Waals surface area contributed by atoms with Gasteiger partial charge in [-0.25, -0.2) is 0 Å². The first kappa shape index (κ1) is 15.3. The van der Waals surface area contributed by atoms with Crippen LogP contribution < -0.4 is 0 Å². The number of rotatable bonds is 5. The monoisotopic (exact) mass is 327 g/mol. The molecule has 1 aromatic carbocycles. The molecule has 1 aromatic heterocycles. The van der Waals surface area contributed by atoms with Crippen molar-refractivity contribution in [1.29, 1.82) is 0 Å². The number of aliphatic carboxylic acids is 1. The van der Waals surface area contributed by atoms with E-state index in [1.807, 2.05) is 0 Å². The first-order chi connectivity index (χ1) is 9.88. The molecule has 0 saturated carbocycles. The van der Waals surface area contributed by atoms with Gasteiger partial charge in [-0.15, -0.1) is 11.3 Å². The maximum Gasteiger partial charge on any atom is 0.312 e. The molecule has 0 aliphatic heterocycles. The number of benzene rings is 1. The van der Waals surface area contributed by atoms with Gasteiger partial charge in [0.05, 0.1) is 15.2 Å². The van der Waals surface area contributed by atoms with Gasteiger partial charge in [-0.3, -0.25) is 14.9 Å². The van der Waals surface area contributed by atoms with Crippen molar-refractivity contribution in [2.75, 3.05) is 0 Å². The molecule has 0 radical (unpaired) electrons. The zero-order valence-electron chi connectivity index (χ0n) is 10.5. The van der Waals surface area contributed by atoms with Gasteiger partial charge in [0.25, 0.3) is 0 Å². The maximum atomic E-state index is 11.4. The standard InChI is InChI=1S/C13H10ClNO5S/c14-12-4-3-11(21-12)8(13(17)18)5-7-1-2-10(16)9(6-7)15(19)20/h1-4,6,8,16H,5H2,(H,17,18). The Hall–Kier alpha value is -2.12. The van der Waals surface area contributed by atoms with Gasteiger partial charge in [0, 0.05) is 10.9 Å². The van der Waals surface area contributed by atoms with Crippen molar-refractivity contribution < 1.29 is 19.9 Å². The second-order valence-electron chi connectivity index (χ2n) is 4.32. The number of aromatic hydroxyl groups is 1. The fourth-order valence-electron chi connectivity index (χ4n) is 1.90. The number of phenols is 1. The summed E-state index contributed by atoms with van der Waals surface area (Å²) in [5.41, 5.74) is 0.0114. The molecule has 1 atom stereocenters. The van der Waals surface area contributed by atoms with E-state index in [9.17, 15) is 25.1 Å². The molecular formula is C13H10ClNO5S. The molecule has 2 aromatic rings. The minimum atomic E-state index is -1.04. The zero-order chi connectivity index (χ0) is 15.6. The van der Waals surface area contributed by atoms with Crippen molar-refractivity contribution in [3.63, 3.8) is 0 Å². The second kappa shape index (κ2) is 6.11. The highest BCUT2D eigenvalue weighted by Gasteiger charge is 2.24. The molecule has 0 fully saturated rings. The molecule has 1 unspecified atom stereocenters. The molecule has 2 rings (SSSR count). The highest BCUT2D eigenvalue weighted by Crippen LogP contribution is 2.33. The number of nitro benzene ring substituents is 1. The molecule has 0 bridgehead atoms. The summed E-state index contributed by atoms with van der Waals surface area (Å²) in [5, 5.41) is 29.5. The quantitative estimate of drug-likeness (QED) is 0.647. The fraction of sp³-hybridized carbons (Fsp3) is 0.154. The third-order valence-electron chi connectivity index (χ3n) is 2.91. The van der Waals surface area contributed by atoms with Crippen molar-refractivity contribution in [1.82, 2.24) is 0 Å². The van der Waals surface area contributed by atoms with Gasteiger partial charge in [0.1, 0.15) is 0 Å². The number of carboxylic acids is 1. The first-order valence-corrected chi connectivity index (χ1v) is 7.02. The third-order valence-corrected chi connectivity index (χ3v) is 4.26. The molecule has 6 nitrogen and oxygen atoms in total. The van der Waals surface area contributed by atoms with E-state index in [4.69, 9.17) is 11.6 Å². The highest BCUT2D eigenvalue weighted by molar-refractivity contribution is 7.16. The van der Waals surface area contributed by atoms with E-state index in [-0.39, 0.29) is 6.42 Å². The zero-order valence-corrected chi connectivity index (χ0v) is 12.1. The topological polar surface area (TPSA) is 101 Å². The van der Waals surface area contributed by atoms with Crippen LogP contribution in [0.5, 0.6) is 5.75 Å². The summed E-state index contributed by atoms with van der Waals surface area (Å²) >= 11 is 6.96.